The fourth-order valence-electron chi connectivity index (χ4n) is 1.80. The lowest BCUT2D eigenvalue weighted by Gasteiger charge is -2.21. The topological polar surface area (TPSA) is 67.8 Å². The molecule has 0 saturated heterocycles. The molecule has 0 spiro atoms. The third-order valence-electron chi connectivity index (χ3n) is 3.05. The predicted molar refractivity (Wildman–Crippen MR) is 111 cm³/mol. The van der Waals surface area contributed by atoms with Crippen LogP contribution in [-0.2, 0) is 9.53 Å². The van der Waals surface area contributed by atoms with Crippen LogP contribution in [0.3, 0.4) is 0 Å². The summed E-state index contributed by atoms with van der Waals surface area (Å²) >= 11 is 2.43. The molecule has 2 N–H and O–H groups in total. The highest BCUT2D eigenvalue weighted by molar-refractivity contribution is 14.2. The van der Waals surface area contributed by atoms with Crippen LogP contribution in [0.5, 0.6) is 5.75 Å². The van der Waals surface area contributed by atoms with Crippen LogP contribution in [0.1, 0.15) is 19.8 Å². The van der Waals surface area contributed by atoms with E-state index >= 15 is 0 Å². The van der Waals surface area contributed by atoms with E-state index in [1.807, 2.05) is 6.92 Å². The van der Waals surface area contributed by atoms with Crippen molar-refractivity contribution >= 4 is 40.0 Å². The zero-order valence-electron chi connectivity index (χ0n) is 14.6. The van der Waals surface area contributed by atoms with Gasteiger partial charge in [0.1, 0.15) is 18.5 Å². The van der Waals surface area contributed by atoms with Gasteiger partial charge in [-0.05, 0) is 70.2 Å². The van der Waals surface area contributed by atoms with Crippen molar-refractivity contribution < 1.29 is 19.4 Å². The van der Waals surface area contributed by atoms with Gasteiger partial charge in [0, 0.05) is 18.7 Å². The highest BCUT2D eigenvalue weighted by Gasteiger charge is 2.10. The molecule has 0 bridgehead atoms. The van der Waals surface area contributed by atoms with E-state index in [1.165, 1.54) is 0 Å². The number of carbonyl (C=O) groups excluding carboxylic acids is 1. The van der Waals surface area contributed by atoms with Gasteiger partial charge in [-0.25, -0.2) is 0 Å². The van der Waals surface area contributed by atoms with E-state index in [0.717, 1.165) is 17.9 Å². The molecule has 5 nitrogen and oxygen atoms in total. The maximum absolute atomic E-state index is 11.9. The summed E-state index contributed by atoms with van der Waals surface area (Å²) in [4.78, 5) is 11.9. The second kappa shape index (κ2) is 11.2. The summed E-state index contributed by atoms with van der Waals surface area (Å²) in [5, 5.41) is 12.6. The van der Waals surface area contributed by atoms with E-state index < -0.39 is 13.3 Å². The van der Waals surface area contributed by atoms with E-state index in [9.17, 15) is 9.90 Å². The minimum absolute atomic E-state index is 0.0319. The van der Waals surface area contributed by atoms with Crippen LogP contribution in [0.2, 0.25) is 0 Å². The fraction of sp³-hybridized carbons (Fsp3) is 0.588. The van der Waals surface area contributed by atoms with Crippen molar-refractivity contribution in [3.8, 4) is 5.75 Å². The van der Waals surface area contributed by atoms with Crippen LogP contribution in [0, 0.1) is 0 Å². The van der Waals surface area contributed by atoms with E-state index in [0.29, 0.717) is 18.8 Å². The first kappa shape index (κ1) is 21.5. The van der Waals surface area contributed by atoms with Gasteiger partial charge in [-0.3, -0.25) is 4.79 Å². The van der Waals surface area contributed by atoms with Crippen molar-refractivity contribution in [3.63, 3.8) is 0 Å². The second-order valence-corrected chi connectivity index (χ2v) is 16.3. The average Bonchev–Trinajstić information content (AvgIpc) is 2.52. The monoisotopic (exact) mass is 469 g/mol. The molecule has 1 aromatic carbocycles. The Morgan fingerprint density at radius 1 is 1.29 bits per heavy atom. The molecule has 0 aliphatic rings. The van der Waals surface area contributed by atoms with Gasteiger partial charge >= 0.3 is 0 Å². The third-order valence-corrected chi connectivity index (χ3v) is 5.55. The number of hydrogen-bond donors (Lipinski definition) is 2. The SMILES string of the molecule is CCCOCC(O)COc1ccc(NC(=O)CCS(C)(C)I)cc1. The molecule has 0 aromatic heterocycles. The summed E-state index contributed by atoms with van der Waals surface area (Å²) in [5.74, 6) is 1.60. The number of aliphatic hydroxyl groups excluding tert-OH is 1. The van der Waals surface area contributed by atoms with Gasteiger partial charge in [-0.2, -0.15) is 7.20 Å². The normalized spacial score (nSPS) is 13.4. The molecule has 0 radical (unpaired) electrons. The number of ether oxygens (including phenoxy) is 2. The number of hydrogen-bond acceptors (Lipinski definition) is 4. The largest absolute Gasteiger partial charge is 0.491 e. The van der Waals surface area contributed by atoms with Crippen molar-refractivity contribution in [2.24, 2.45) is 0 Å². The van der Waals surface area contributed by atoms with Crippen LogP contribution in [0.15, 0.2) is 24.3 Å². The quantitative estimate of drug-likeness (QED) is 0.384. The maximum atomic E-state index is 11.9. The summed E-state index contributed by atoms with van der Waals surface area (Å²) in [7, 11) is -0.687. The number of halogens is 1. The number of anilines is 1. The van der Waals surface area contributed by atoms with E-state index in [1.54, 1.807) is 24.3 Å². The lowest BCUT2D eigenvalue weighted by molar-refractivity contribution is -0.115. The Morgan fingerprint density at radius 3 is 2.54 bits per heavy atom. The van der Waals surface area contributed by atoms with Gasteiger partial charge in [0.05, 0.1) is 6.61 Å². The highest BCUT2D eigenvalue weighted by atomic mass is 127. The van der Waals surface area contributed by atoms with Crippen LogP contribution in [0.4, 0.5) is 5.69 Å². The van der Waals surface area contributed by atoms with Crippen molar-refractivity contribution in [2.45, 2.75) is 25.9 Å². The highest BCUT2D eigenvalue weighted by Crippen LogP contribution is 2.49. The average molecular weight is 469 g/mol. The molecule has 0 aliphatic carbocycles. The molecule has 1 rings (SSSR count). The number of nitrogens with one attached hydrogen (secondary N) is 1. The Kier molecular flexibility index (Phi) is 10.0. The molecule has 1 amide bonds. The molecule has 138 valence electrons. The fourth-order valence-corrected chi connectivity index (χ4v) is 3.13. The molecular formula is C17H28INO4S. The number of rotatable bonds is 11. The van der Waals surface area contributed by atoms with Crippen LogP contribution >= 0.6 is 28.4 Å². The van der Waals surface area contributed by atoms with Gasteiger partial charge in [-0.15, -0.1) is 0 Å². The minimum Gasteiger partial charge on any atom is -0.491 e. The molecule has 7 heteroatoms. The summed E-state index contributed by atoms with van der Waals surface area (Å²) in [5.41, 5.74) is 0.750. The number of benzene rings is 1. The lowest BCUT2D eigenvalue weighted by atomic mass is 10.3. The first-order valence-corrected chi connectivity index (χ1v) is 13.2. The molecule has 1 aromatic rings. The maximum Gasteiger partial charge on any atom is 0.225 e. The van der Waals surface area contributed by atoms with Gasteiger partial charge in [0.25, 0.3) is 0 Å². The Morgan fingerprint density at radius 2 is 1.96 bits per heavy atom. The number of amides is 1. The summed E-state index contributed by atoms with van der Waals surface area (Å²) in [6, 6.07) is 7.16. The van der Waals surface area contributed by atoms with Crippen molar-refractivity contribution in [1.29, 1.82) is 0 Å². The summed E-state index contributed by atoms with van der Waals surface area (Å²) in [6.45, 7) is 3.12. The molecule has 0 saturated carbocycles. The molecule has 0 heterocycles. The number of aliphatic hydroxyl groups is 1. The third kappa shape index (κ3) is 10.4. The van der Waals surface area contributed by atoms with E-state index in [2.05, 4.69) is 39.0 Å². The summed E-state index contributed by atoms with van der Waals surface area (Å²) in [6.07, 6.45) is 5.20. The van der Waals surface area contributed by atoms with Crippen molar-refractivity contribution in [2.75, 3.05) is 43.4 Å². The zero-order valence-corrected chi connectivity index (χ0v) is 17.6. The lowest BCUT2D eigenvalue weighted by Crippen LogP contribution is -2.23. The minimum atomic E-state index is -0.687. The van der Waals surface area contributed by atoms with Gasteiger partial charge in [-0.1, -0.05) is 6.92 Å². The first-order chi connectivity index (χ1) is 11.3. The van der Waals surface area contributed by atoms with Crippen LogP contribution < -0.4 is 10.1 Å². The molecule has 24 heavy (non-hydrogen) atoms. The first-order valence-electron chi connectivity index (χ1n) is 7.99. The predicted octanol–water partition coefficient (Wildman–Crippen LogP) is 3.60. The zero-order chi connectivity index (χ0) is 18.0. The van der Waals surface area contributed by atoms with Crippen LogP contribution in [-0.4, -0.2) is 55.2 Å². The van der Waals surface area contributed by atoms with Gasteiger partial charge in [0.2, 0.25) is 5.91 Å². The molecule has 1 atom stereocenters. The van der Waals surface area contributed by atoms with Crippen molar-refractivity contribution in [3.05, 3.63) is 24.3 Å². The summed E-state index contributed by atoms with van der Waals surface area (Å²) < 4.78 is 10.8. The smallest absolute Gasteiger partial charge is 0.225 e. The van der Waals surface area contributed by atoms with E-state index in [4.69, 9.17) is 9.47 Å². The second-order valence-electron chi connectivity index (χ2n) is 5.97. The van der Waals surface area contributed by atoms with E-state index in [-0.39, 0.29) is 19.1 Å². The molecule has 0 aliphatic heterocycles. The standard InChI is InChI=1S/C17H28INO4S/c1-4-10-22-12-15(20)13-23-16-7-5-14(6-8-16)19-17(21)9-11-24(2,3)18/h5-8,15,20H,4,9-13H2,1-3H3,(H,19,21). The van der Waals surface area contributed by atoms with Gasteiger partial charge < -0.3 is 19.9 Å². The Bertz CT molecular complexity index is 490. The Balaban J connectivity index is 2.33. The molecule has 1 unspecified atom stereocenters. The Hall–Kier alpha value is -0.510. The molecule has 0 fully saturated rings. The van der Waals surface area contributed by atoms with Crippen molar-refractivity contribution in [1.82, 2.24) is 0 Å². The number of carbonyl (C=O) groups is 1. The van der Waals surface area contributed by atoms with Crippen LogP contribution in [0.25, 0.3) is 0 Å². The Labute approximate surface area is 158 Å². The van der Waals surface area contributed by atoms with Gasteiger partial charge in [0.15, 0.2) is 0 Å². The molecular weight excluding hydrogens is 441 g/mol.